The van der Waals surface area contributed by atoms with Gasteiger partial charge in [-0.3, -0.25) is 9.78 Å². The van der Waals surface area contributed by atoms with Crippen LogP contribution in [0.3, 0.4) is 0 Å². The van der Waals surface area contributed by atoms with Gasteiger partial charge in [0.1, 0.15) is 11.5 Å². The van der Waals surface area contributed by atoms with Crippen molar-refractivity contribution in [3.8, 4) is 0 Å². The minimum absolute atomic E-state index is 0.0933. The molecule has 0 fully saturated rings. The van der Waals surface area contributed by atoms with E-state index < -0.39 is 23.4 Å². The Morgan fingerprint density at radius 2 is 2.00 bits per heavy atom. The van der Waals surface area contributed by atoms with Crippen molar-refractivity contribution in [2.45, 2.75) is 6.54 Å². The van der Waals surface area contributed by atoms with Crippen molar-refractivity contribution < 1.29 is 22.4 Å². The lowest BCUT2D eigenvalue weighted by molar-refractivity contribution is 0.0945. The second-order valence-electron chi connectivity index (χ2n) is 4.50. The van der Waals surface area contributed by atoms with Crippen LogP contribution in [0, 0.1) is 17.5 Å². The summed E-state index contributed by atoms with van der Waals surface area (Å²) in [7, 11) is 0. The fourth-order valence-corrected chi connectivity index (χ4v) is 2.07. The number of hydrogen-bond donors (Lipinski definition) is 1. The average Bonchev–Trinajstić information content (AvgIpc) is 3.03. The number of aromatic nitrogens is 1. The van der Waals surface area contributed by atoms with Gasteiger partial charge in [0.15, 0.2) is 17.5 Å². The van der Waals surface area contributed by atoms with E-state index in [9.17, 15) is 18.0 Å². The summed E-state index contributed by atoms with van der Waals surface area (Å²) < 4.78 is 45.4. The Kier molecular flexibility index (Phi) is 3.54. The Bertz CT molecular complexity index is 848. The molecule has 4 nitrogen and oxygen atoms in total. The van der Waals surface area contributed by atoms with E-state index in [-0.39, 0.29) is 23.0 Å². The molecular weight excluding hydrogens is 297 g/mol. The predicted octanol–water partition coefficient (Wildman–Crippen LogP) is 3.18. The number of hydrogen-bond acceptors (Lipinski definition) is 3. The highest BCUT2D eigenvalue weighted by Crippen LogP contribution is 2.24. The summed E-state index contributed by atoms with van der Waals surface area (Å²) in [6.45, 7) is 0.0933. The summed E-state index contributed by atoms with van der Waals surface area (Å²) in [5, 5.41) is 2.20. The molecule has 7 heteroatoms. The minimum atomic E-state index is -1.58. The van der Waals surface area contributed by atoms with Crippen molar-refractivity contribution in [3.05, 3.63) is 65.6 Å². The molecule has 1 aromatic carbocycles. The third-order valence-electron chi connectivity index (χ3n) is 3.12. The highest BCUT2D eigenvalue weighted by Gasteiger charge is 2.19. The molecule has 22 heavy (non-hydrogen) atoms. The lowest BCUT2D eigenvalue weighted by atomic mass is 10.1. The molecule has 0 spiro atoms. The third-order valence-corrected chi connectivity index (χ3v) is 3.12. The molecule has 2 aromatic heterocycles. The van der Waals surface area contributed by atoms with Gasteiger partial charge in [0.05, 0.1) is 12.8 Å². The largest absolute Gasteiger partial charge is 0.467 e. The van der Waals surface area contributed by atoms with Gasteiger partial charge in [0.25, 0.3) is 5.91 Å². The van der Waals surface area contributed by atoms with Crippen molar-refractivity contribution in [2.75, 3.05) is 0 Å². The van der Waals surface area contributed by atoms with Crippen LogP contribution >= 0.6 is 0 Å². The fourth-order valence-electron chi connectivity index (χ4n) is 2.07. The first kappa shape index (κ1) is 14.1. The van der Waals surface area contributed by atoms with Gasteiger partial charge in [0, 0.05) is 17.0 Å². The number of rotatable bonds is 3. The normalized spacial score (nSPS) is 10.9. The molecule has 0 saturated heterocycles. The molecule has 2 heterocycles. The lowest BCUT2D eigenvalue weighted by Gasteiger charge is -2.08. The second kappa shape index (κ2) is 5.51. The molecule has 1 N–H and O–H groups in total. The van der Waals surface area contributed by atoms with Crippen LogP contribution in [0.2, 0.25) is 0 Å². The van der Waals surface area contributed by atoms with Gasteiger partial charge in [-0.2, -0.15) is 0 Å². The van der Waals surface area contributed by atoms with E-state index in [1.807, 2.05) is 0 Å². The van der Waals surface area contributed by atoms with E-state index in [0.717, 1.165) is 12.3 Å². The maximum Gasteiger partial charge on any atom is 0.270 e. The van der Waals surface area contributed by atoms with Crippen LogP contribution in [0.15, 0.2) is 41.1 Å². The summed E-state index contributed by atoms with van der Waals surface area (Å²) in [6.07, 6.45) is 2.61. The lowest BCUT2D eigenvalue weighted by Crippen LogP contribution is -2.24. The number of benzene rings is 1. The Morgan fingerprint density at radius 3 is 2.73 bits per heavy atom. The number of nitrogens with one attached hydrogen (secondary N) is 1. The first-order valence-electron chi connectivity index (χ1n) is 6.30. The summed E-state index contributed by atoms with van der Waals surface area (Å²) in [4.78, 5) is 15.9. The number of fused-ring (bicyclic) bond motifs is 1. The molecule has 3 rings (SSSR count). The standard InChI is InChI=1S/C15H9F3N2O2/c16-11-6-10-9(12(17)13(11)18)3-4-19-14(10)15(21)20-7-8-2-1-5-22-8/h1-6H,7H2,(H,20,21). The van der Waals surface area contributed by atoms with Crippen molar-refractivity contribution >= 4 is 16.7 Å². The number of amides is 1. The van der Waals surface area contributed by atoms with E-state index in [2.05, 4.69) is 10.3 Å². The molecule has 1 amide bonds. The molecule has 3 aromatic rings. The maximum atomic E-state index is 13.7. The molecule has 0 saturated carbocycles. The van der Waals surface area contributed by atoms with Gasteiger partial charge in [0.2, 0.25) is 0 Å². The Morgan fingerprint density at radius 1 is 1.18 bits per heavy atom. The van der Waals surface area contributed by atoms with E-state index in [0.29, 0.717) is 5.76 Å². The third kappa shape index (κ3) is 2.41. The van der Waals surface area contributed by atoms with E-state index in [4.69, 9.17) is 4.42 Å². The van der Waals surface area contributed by atoms with Crippen LogP contribution in [0.4, 0.5) is 13.2 Å². The van der Waals surface area contributed by atoms with E-state index >= 15 is 0 Å². The number of nitrogens with zero attached hydrogens (tertiary/aromatic N) is 1. The van der Waals surface area contributed by atoms with E-state index in [1.54, 1.807) is 12.1 Å². The van der Waals surface area contributed by atoms with Crippen LogP contribution in [0.1, 0.15) is 16.2 Å². The zero-order chi connectivity index (χ0) is 15.7. The van der Waals surface area contributed by atoms with Crippen LogP contribution in [-0.2, 0) is 6.54 Å². The van der Waals surface area contributed by atoms with Crippen molar-refractivity contribution in [2.24, 2.45) is 0 Å². The summed E-state index contributed by atoms with van der Waals surface area (Å²) in [5.74, 6) is -4.44. The number of furan rings is 1. The van der Waals surface area contributed by atoms with Crippen LogP contribution in [0.25, 0.3) is 10.8 Å². The minimum Gasteiger partial charge on any atom is -0.467 e. The quantitative estimate of drug-likeness (QED) is 0.756. The molecular formula is C15H9F3N2O2. The molecule has 0 bridgehead atoms. The number of halogens is 3. The van der Waals surface area contributed by atoms with Crippen LogP contribution in [0.5, 0.6) is 0 Å². The Labute approximate surface area is 122 Å². The first-order chi connectivity index (χ1) is 10.6. The van der Waals surface area contributed by atoms with Crippen LogP contribution < -0.4 is 5.32 Å². The average molecular weight is 306 g/mol. The maximum absolute atomic E-state index is 13.7. The van der Waals surface area contributed by atoms with Gasteiger partial charge < -0.3 is 9.73 Å². The molecule has 0 aliphatic rings. The van der Waals surface area contributed by atoms with Gasteiger partial charge in [-0.1, -0.05) is 0 Å². The SMILES string of the molecule is O=C(NCc1ccco1)c1nccc2c(F)c(F)c(F)cc12. The zero-order valence-corrected chi connectivity index (χ0v) is 11.1. The van der Waals surface area contributed by atoms with Crippen molar-refractivity contribution in [1.82, 2.24) is 10.3 Å². The fraction of sp³-hybridized carbons (Fsp3) is 0.0667. The first-order valence-corrected chi connectivity index (χ1v) is 6.30. The number of carbonyl (C=O) groups is 1. The Hall–Kier alpha value is -2.83. The Balaban J connectivity index is 1.98. The molecule has 112 valence electrons. The van der Waals surface area contributed by atoms with Crippen molar-refractivity contribution in [1.29, 1.82) is 0 Å². The highest BCUT2D eigenvalue weighted by atomic mass is 19.2. The molecule has 0 aliphatic carbocycles. The van der Waals surface area contributed by atoms with Gasteiger partial charge in [-0.05, 0) is 24.3 Å². The molecule has 0 atom stereocenters. The molecule has 0 radical (unpaired) electrons. The summed E-state index contributed by atoms with van der Waals surface area (Å²) in [5.41, 5.74) is -0.193. The van der Waals surface area contributed by atoms with Gasteiger partial charge >= 0.3 is 0 Å². The number of carbonyl (C=O) groups excluding carboxylic acids is 1. The molecule has 0 aliphatic heterocycles. The van der Waals surface area contributed by atoms with Crippen LogP contribution in [-0.4, -0.2) is 10.9 Å². The smallest absolute Gasteiger partial charge is 0.270 e. The van der Waals surface area contributed by atoms with Gasteiger partial charge in [-0.25, -0.2) is 13.2 Å². The summed E-state index contributed by atoms with van der Waals surface area (Å²) >= 11 is 0. The number of pyridine rings is 1. The van der Waals surface area contributed by atoms with Crippen molar-refractivity contribution in [3.63, 3.8) is 0 Å². The van der Waals surface area contributed by atoms with E-state index in [1.165, 1.54) is 12.3 Å². The zero-order valence-electron chi connectivity index (χ0n) is 11.1. The molecule has 0 unspecified atom stereocenters. The highest BCUT2D eigenvalue weighted by molar-refractivity contribution is 6.05. The van der Waals surface area contributed by atoms with Gasteiger partial charge in [-0.15, -0.1) is 0 Å². The summed E-state index contributed by atoms with van der Waals surface area (Å²) in [6, 6.07) is 5.25. The monoisotopic (exact) mass is 306 g/mol. The topological polar surface area (TPSA) is 55.1 Å². The predicted molar refractivity (Wildman–Crippen MR) is 71.5 cm³/mol. The second-order valence-corrected chi connectivity index (χ2v) is 4.50.